The number of aryl methyl sites for hydroxylation is 1. The Labute approximate surface area is 176 Å². The van der Waals surface area contributed by atoms with Crippen LogP contribution < -0.4 is 5.32 Å². The van der Waals surface area contributed by atoms with Crippen LogP contribution in [0.2, 0.25) is 5.15 Å². The second-order valence-electron chi connectivity index (χ2n) is 7.67. The maximum absolute atomic E-state index is 9.69. The average Bonchev–Trinajstić information content (AvgIpc) is 3.03. The van der Waals surface area contributed by atoms with Gasteiger partial charge in [-0.3, -0.25) is 9.58 Å². The zero-order valence-corrected chi connectivity index (χ0v) is 17.4. The van der Waals surface area contributed by atoms with Crippen molar-refractivity contribution in [2.75, 3.05) is 18.4 Å². The molecule has 29 heavy (non-hydrogen) atoms. The molecule has 1 fully saturated rings. The number of hydrogen-bond acceptors (Lipinski definition) is 4. The fourth-order valence-electron chi connectivity index (χ4n) is 3.84. The summed E-state index contributed by atoms with van der Waals surface area (Å²) in [7, 11) is 1.87. The van der Waals surface area contributed by atoms with Crippen molar-refractivity contribution in [1.82, 2.24) is 14.7 Å². The van der Waals surface area contributed by atoms with Gasteiger partial charge < -0.3 is 10.4 Å². The van der Waals surface area contributed by atoms with E-state index < -0.39 is 0 Å². The highest BCUT2D eigenvalue weighted by Gasteiger charge is 2.18. The Morgan fingerprint density at radius 1 is 1.10 bits per heavy atom. The Balaban J connectivity index is 1.46. The molecule has 152 valence electrons. The summed E-state index contributed by atoms with van der Waals surface area (Å²) in [6, 6.07) is 18.6. The van der Waals surface area contributed by atoms with Crippen LogP contribution in [0.3, 0.4) is 0 Å². The number of likely N-dealkylation sites (tertiary alicyclic amines) is 1. The normalized spacial score (nSPS) is 15.6. The summed E-state index contributed by atoms with van der Waals surface area (Å²) in [5, 5.41) is 18.5. The molecule has 2 N–H and O–H groups in total. The molecule has 2 heterocycles. The number of anilines is 1. The van der Waals surface area contributed by atoms with E-state index in [4.69, 9.17) is 11.6 Å². The van der Waals surface area contributed by atoms with Crippen LogP contribution in [0.1, 0.15) is 24.0 Å². The van der Waals surface area contributed by atoms with Crippen molar-refractivity contribution in [1.29, 1.82) is 0 Å². The predicted octanol–water partition coefficient (Wildman–Crippen LogP) is 4.31. The lowest BCUT2D eigenvalue weighted by atomic mass is 10.1. The third-order valence-electron chi connectivity index (χ3n) is 5.48. The summed E-state index contributed by atoms with van der Waals surface area (Å²) in [6.07, 6.45) is 1.58. The molecule has 0 saturated carbocycles. The van der Waals surface area contributed by atoms with Crippen molar-refractivity contribution in [3.63, 3.8) is 0 Å². The molecule has 0 spiro atoms. The Hall–Kier alpha value is -2.34. The van der Waals surface area contributed by atoms with Crippen LogP contribution in [-0.4, -0.2) is 39.0 Å². The Kier molecular flexibility index (Phi) is 6.19. The molecular weight excluding hydrogens is 384 g/mol. The molecule has 0 amide bonds. The number of benzene rings is 2. The predicted molar refractivity (Wildman–Crippen MR) is 118 cm³/mol. The molecule has 0 aliphatic carbocycles. The van der Waals surface area contributed by atoms with Gasteiger partial charge in [-0.1, -0.05) is 54.1 Å². The number of rotatable bonds is 6. The highest BCUT2D eigenvalue weighted by molar-refractivity contribution is 6.30. The van der Waals surface area contributed by atoms with E-state index in [2.05, 4.69) is 51.7 Å². The zero-order chi connectivity index (χ0) is 20.2. The van der Waals surface area contributed by atoms with Gasteiger partial charge in [-0.25, -0.2) is 0 Å². The van der Waals surface area contributed by atoms with E-state index in [0.717, 1.165) is 55.0 Å². The molecule has 1 aromatic heterocycles. The van der Waals surface area contributed by atoms with Gasteiger partial charge in [-0.15, -0.1) is 0 Å². The summed E-state index contributed by atoms with van der Waals surface area (Å²) in [4.78, 5) is 2.40. The second-order valence-corrected chi connectivity index (χ2v) is 8.03. The smallest absolute Gasteiger partial charge is 0.132 e. The minimum atomic E-state index is -0.137. The van der Waals surface area contributed by atoms with Crippen LogP contribution in [0.15, 0.2) is 54.6 Å². The maximum atomic E-state index is 9.69. The van der Waals surface area contributed by atoms with E-state index >= 15 is 0 Å². The topological polar surface area (TPSA) is 53.3 Å². The minimum Gasteiger partial charge on any atom is -0.393 e. The molecular formula is C23H27ClN4O. The molecule has 1 saturated heterocycles. The maximum Gasteiger partial charge on any atom is 0.132 e. The summed E-state index contributed by atoms with van der Waals surface area (Å²) in [5.74, 6) is 0. The number of piperidine rings is 1. The van der Waals surface area contributed by atoms with Crippen molar-refractivity contribution in [3.05, 3.63) is 70.9 Å². The molecule has 6 heteroatoms. The Morgan fingerprint density at radius 2 is 1.86 bits per heavy atom. The number of nitrogens with zero attached hydrogens (tertiary/aromatic N) is 3. The highest BCUT2D eigenvalue weighted by Crippen LogP contribution is 2.29. The second kappa shape index (κ2) is 8.99. The van der Waals surface area contributed by atoms with Gasteiger partial charge in [0.2, 0.25) is 0 Å². The molecule has 1 aliphatic rings. The van der Waals surface area contributed by atoms with Crippen molar-refractivity contribution >= 4 is 17.3 Å². The molecule has 4 rings (SSSR count). The monoisotopic (exact) mass is 410 g/mol. The van der Waals surface area contributed by atoms with E-state index in [9.17, 15) is 5.11 Å². The van der Waals surface area contributed by atoms with Gasteiger partial charge in [-0.2, -0.15) is 5.10 Å². The fraction of sp³-hybridized carbons (Fsp3) is 0.348. The van der Waals surface area contributed by atoms with E-state index in [-0.39, 0.29) is 6.10 Å². The summed E-state index contributed by atoms with van der Waals surface area (Å²) < 4.78 is 1.72. The number of hydrogen-bond donors (Lipinski definition) is 2. The first-order valence-electron chi connectivity index (χ1n) is 10.1. The molecule has 0 atom stereocenters. The SMILES string of the molecule is Cn1nc(-c2ccccc2)c(CNc2cccc(CN3CCC(O)CC3)c2)c1Cl. The lowest BCUT2D eigenvalue weighted by Gasteiger charge is -2.29. The minimum absolute atomic E-state index is 0.137. The first-order chi connectivity index (χ1) is 14.1. The molecule has 1 aliphatic heterocycles. The van der Waals surface area contributed by atoms with Gasteiger partial charge in [0.25, 0.3) is 0 Å². The fourth-order valence-corrected chi connectivity index (χ4v) is 4.03. The number of aliphatic hydroxyl groups is 1. The zero-order valence-electron chi connectivity index (χ0n) is 16.7. The van der Waals surface area contributed by atoms with Gasteiger partial charge in [0.1, 0.15) is 5.15 Å². The number of halogens is 1. The van der Waals surface area contributed by atoms with Crippen LogP contribution in [-0.2, 0) is 20.1 Å². The van der Waals surface area contributed by atoms with Crippen molar-refractivity contribution in [3.8, 4) is 11.3 Å². The van der Waals surface area contributed by atoms with E-state index in [1.807, 2.05) is 25.2 Å². The first kappa shape index (κ1) is 20.0. The van der Waals surface area contributed by atoms with Crippen molar-refractivity contribution < 1.29 is 5.11 Å². The van der Waals surface area contributed by atoms with Gasteiger partial charge in [0.15, 0.2) is 0 Å². The van der Waals surface area contributed by atoms with Gasteiger partial charge in [0, 0.05) is 50.0 Å². The van der Waals surface area contributed by atoms with E-state index in [1.165, 1.54) is 5.56 Å². The third-order valence-corrected chi connectivity index (χ3v) is 5.95. The Bertz CT molecular complexity index is 949. The summed E-state index contributed by atoms with van der Waals surface area (Å²) in [5.41, 5.74) is 5.31. The molecule has 3 aromatic rings. The number of nitrogens with one attached hydrogen (secondary N) is 1. The number of aromatic nitrogens is 2. The summed E-state index contributed by atoms with van der Waals surface area (Å²) in [6.45, 7) is 3.41. The van der Waals surface area contributed by atoms with E-state index in [0.29, 0.717) is 11.7 Å². The average molecular weight is 411 g/mol. The van der Waals surface area contributed by atoms with Crippen LogP contribution >= 0.6 is 11.6 Å². The molecule has 0 bridgehead atoms. The Morgan fingerprint density at radius 3 is 2.62 bits per heavy atom. The highest BCUT2D eigenvalue weighted by atomic mass is 35.5. The standard InChI is InChI=1S/C23H27ClN4O/c1-27-23(24)21(22(26-27)18-7-3-2-4-8-18)15-25-19-9-5-6-17(14-19)16-28-12-10-20(29)11-13-28/h2-9,14,20,25,29H,10-13,15-16H2,1H3. The van der Waals surface area contributed by atoms with E-state index in [1.54, 1.807) is 4.68 Å². The van der Waals surface area contributed by atoms with Gasteiger partial charge in [0.05, 0.1) is 11.8 Å². The largest absolute Gasteiger partial charge is 0.393 e. The van der Waals surface area contributed by atoms with Gasteiger partial charge in [-0.05, 0) is 30.5 Å². The third kappa shape index (κ3) is 4.81. The quantitative estimate of drug-likeness (QED) is 0.635. The van der Waals surface area contributed by atoms with Crippen LogP contribution in [0.5, 0.6) is 0 Å². The van der Waals surface area contributed by atoms with Crippen molar-refractivity contribution in [2.24, 2.45) is 7.05 Å². The molecule has 2 aromatic carbocycles. The van der Waals surface area contributed by atoms with Crippen LogP contribution in [0, 0.1) is 0 Å². The van der Waals surface area contributed by atoms with Gasteiger partial charge >= 0.3 is 0 Å². The molecule has 5 nitrogen and oxygen atoms in total. The van der Waals surface area contributed by atoms with Crippen molar-refractivity contribution in [2.45, 2.75) is 32.0 Å². The van der Waals surface area contributed by atoms with Crippen LogP contribution in [0.4, 0.5) is 5.69 Å². The lowest BCUT2D eigenvalue weighted by molar-refractivity contribution is 0.0792. The lowest BCUT2D eigenvalue weighted by Crippen LogP contribution is -2.35. The first-order valence-corrected chi connectivity index (χ1v) is 10.5. The molecule has 0 radical (unpaired) electrons. The van der Waals surface area contributed by atoms with Crippen LogP contribution in [0.25, 0.3) is 11.3 Å². The molecule has 0 unspecified atom stereocenters. The number of aliphatic hydroxyl groups excluding tert-OH is 1. The summed E-state index contributed by atoms with van der Waals surface area (Å²) >= 11 is 6.54.